The van der Waals surface area contributed by atoms with Crippen molar-refractivity contribution in [1.82, 2.24) is 0 Å². The fourth-order valence-electron chi connectivity index (χ4n) is 1.74. The number of aryl methyl sites for hydroxylation is 2. The highest BCUT2D eigenvalue weighted by Crippen LogP contribution is 2.24. The van der Waals surface area contributed by atoms with E-state index in [9.17, 15) is 0 Å². The van der Waals surface area contributed by atoms with Crippen LogP contribution in [0.5, 0.6) is 0 Å². The average molecular weight is 216 g/mol. The average Bonchev–Trinajstić information content (AvgIpc) is 2.16. The SMILES string of the molecule is Cc1cc(C)cc(-c2[c]ccc(Cl)c2)c1. The molecule has 15 heavy (non-hydrogen) atoms. The summed E-state index contributed by atoms with van der Waals surface area (Å²) in [5.41, 5.74) is 4.75. The van der Waals surface area contributed by atoms with Crippen LogP contribution in [0.1, 0.15) is 11.1 Å². The molecule has 0 heterocycles. The molecule has 0 saturated carbocycles. The summed E-state index contributed by atoms with van der Waals surface area (Å²) < 4.78 is 0. The van der Waals surface area contributed by atoms with E-state index < -0.39 is 0 Å². The van der Waals surface area contributed by atoms with Gasteiger partial charge in [-0.05, 0) is 43.2 Å². The van der Waals surface area contributed by atoms with Gasteiger partial charge in [-0.25, -0.2) is 0 Å². The Morgan fingerprint density at radius 2 is 1.67 bits per heavy atom. The second-order valence-electron chi connectivity index (χ2n) is 3.80. The smallest absolute Gasteiger partial charge is 0.0412 e. The molecular weight excluding hydrogens is 204 g/mol. The van der Waals surface area contributed by atoms with Gasteiger partial charge in [0.25, 0.3) is 0 Å². The zero-order valence-electron chi connectivity index (χ0n) is 8.84. The third-order valence-corrected chi connectivity index (χ3v) is 2.53. The number of hydrogen-bond donors (Lipinski definition) is 0. The van der Waals surface area contributed by atoms with Crippen LogP contribution in [-0.2, 0) is 0 Å². The summed E-state index contributed by atoms with van der Waals surface area (Å²) in [6.45, 7) is 4.20. The molecule has 0 nitrogen and oxygen atoms in total. The molecule has 2 aromatic carbocycles. The van der Waals surface area contributed by atoms with Gasteiger partial charge in [-0.3, -0.25) is 0 Å². The number of halogens is 1. The Balaban J connectivity index is 2.54. The summed E-state index contributed by atoms with van der Waals surface area (Å²) in [5.74, 6) is 0. The lowest BCUT2D eigenvalue weighted by atomic mass is 10.0. The van der Waals surface area contributed by atoms with Crippen LogP contribution in [0, 0.1) is 19.9 Å². The van der Waals surface area contributed by atoms with E-state index in [4.69, 9.17) is 11.6 Å². The summed E-state index contributed by atoms with van der Waals surface area (Å²) in [4.78, 5) is 0. The number of benzene rings is 2. The van der Waals surface area contributed by atoms with Crippen LogP contribution in [0.15, 0.2) is 36.4 Å². The third-order valence-electron chi connectivity index (χ3n) is 2.30. The molecule has 0 bridgehead atoms. The van der Waals surface area contributed by atoms with Crippen molar-refractivity contribution in [1.29, 1.82) is 0 Å². The molecule has 75 valence electrons. The van der Waals surface area contributed by atoms with E-state index in [-0.39, 0.29) is 0 Å². The fourth-order valence-corrected chi connectivity index (χ4v) is 1.91. The minimum atomic E-state index is 0.753. The normalized spacial score (nSPS) is 10.3. The molecule has 0 aliphatic rings. The third kappa shape index (κ3) is 2.40. The lowest BCUT2D eigenvalue weighted by Crippen LogP contribution is -1.82. The van der Waals surface area contributed by atoms with E-state index in [0.717, 1.165) is 10.6 Å². The van der Waals surface area contributed by atoms with Crippen LogP contribution >= 0.6 is 11.6 Å². The number of rotatable bonds is 1. The standard InChI is InChI=1S/C14H12Cl/c1-10-6-11(2)8-13(7-10)12-4-3-5-14(15)9-12/h3,5-9H,1-2H3. The maximum atomic E-state index is 5.95. The van der Waals surface area contributed by atoms with Crippen LogP contribution in [0.25, 0.3) is 11.1 Å². The molecule has 0 saturated heterocycles. The second kappa shape index (κ2) is 4.08. The first-order chi connectivity index (χ1) is 7.15. The van der Waals surface area contributed by atoms with E-state index in [1.165, 1.54) is 16.7 Å². The molecule has 1 radical (unpaired) electrons. The van der Waals surface area contributed by atoms with Gasteiger partial charge in [-0.1, -0.05) is 47.0 Å². The van der Waals surface area contributed by atoms with Gasteiger partial charge in [-0.2, -0.15) is 0 Å². The summed E-state index contributed by atoms with van der Waals surface area (Å²) >= 11 is 5.95. The minimum Gasteiger partial charge on any atom is -0.0843 e. The van der Waals surface area contributed by atoms with Gasteiger partial charge in [-0.15, -0.1) is 0 Å². The largest absolute Gasteiger partial charge is 0.0843 e. The van der Waals surface area contributed by atoms with Crippen molar-refractivity contribution in [2.24, 2.45) is 0 Å². The highest BCUT2D eigenvalue weighted by atomic mass is 35.5. The number of hydrogen-bond acceptors (Lipinski definition) is 0. The Kier molecular flexibility index (Phi) is 2.79. The van der Waals surface area contributed by atoms with E-state index >= 15 is 0 Å². The van der Waals surface area contributed by atoms with E-state index in [1.807, 2.05) is 18.2 Å². The maximum Gasteiger partial charge on any atom is 0.0412 e. The van der Waals surface area contributed by atoms with Crippen LogP contribution in [0.2, 0.25) is 5.02 Å². The first-order valence-corrected chi connectivity index (χ1v) is 5.29. The zero-order chi connectivity index (χ0) is 10.8. The highest BCUT2D eigenvalue weighted by molar-refractivity contribution is 6.30. The molecule has 0 N–H and O–H groups in total. The Labute approximate surface area is 95.5 Å². The Hall–Kier alpha value is -1.27. The molecule has 2 rings (SSSR count). The molecule has 0 aliphatic heterocycles. The van der Waals surface area contributed by atoms with Crippen molar-refractivity contribution in [2.45, 2.75) is 13.8 Å². The quantitative estimate of drug-likeness (QED) is 0.661. The van der Waals surface area contributed by atoms with Crippen molar-refractivity contribution < 1.29 is 0 Å². The Bertz CT molecular complexity index is 466. The van der Waals surface area contributed by atoms with Crippen LogP contribution in [0.3, 0.4) is 0 Å². The molecule has 0 fully saturated rings. The summed E-state index contributed by atoms with van der Waals surface area (Å²) in [6, 6.07) is 15.3. The predicted molar refractivity (Wildman–Crippen MR) is 65.2 cm³/mol. The van der Waals surface area contributed by atoms with Gasteiger partial charge in [0.2, 0.25) is 0 Å². The molecule has 0 atom stereocenters. The molecule has 0 amide bonds. The molecule has 0 aliphatic carbocycles. The van der Waals surface area contributed by atoms with Gasteiger partial charge < -0.3 is 0 Å². The lowest BCUT2D eigenvalue weighted by molar-refractivity contribution is 1.38. The van der Waals surface area contributed by atoms with E-state index in [2.05, 4.69) is 38.1 Å². The van der Waals surface area contributed by atoms with E-state index in [0.29, 0.717) is 0 Å². The maximum absolute atomic E-state index is 5.95. The van der Waals surface area contributed by atoms with Gasteiger partial charge in [0.1, 0.15) is 0 Å². The topological polar surface area (TPSA) is 0 Å². The summed E-state index contributed by atoms with van der Waals surface area (Å²) in [6.07, 6.45) is 0. The van der Waals surface area contributed by atoms with Gasteiger partial charge in [0, 0.05) is 5.02 Å². The molecule has 1 heteroatoms. The van der Waals surface area contributed by atoms with Gasteiger partial charge in [0.15, 0.2) is 0 Å². The van der Waals surface area contributed by atoms with Gasteiger partial charge >= 0.3 is 0 Å². The van der Waals surface area contributed by atoms with Crippen LogP contribution < -0.4 is 0 Å². The fraction of sp³-hybridized carbons (Fsp3) is 0.143. The summed E-state index contributed by atoms with van der Waals surface area (Å²) in [5, 5.41) is 0.753. The lowest BCUT2D eigenvalue weighted by Gasteiger charge is -2.05. The van der Waals surface area contributed by atoms with E-state index in [1.54, 1.807) is 0 Å². The first kappa shape index (κ1) is 10.3. The van der Waals surface area contributed by atoms with Crippen molar-refractivity contribution in [3.63, 3.8) is 0 Å². The van der Waals surface area contributed by atoms with Crippen molar-refractivity contribution in [2.75, 3.05) is 0 Å². The van der Waals surface area contributed by atoms with Crippen molar-refractivity contribution in [3.8, 4) is 11.1 Å². The predicted octanol–water partition coefficient (Wildman–Crippen LogP) is 4.42. The minimum absolute atomic E-state index is 0.753. The second-order valence-corrected chi connectivity index (χ2v) is 4.23. The highest BCUT2D eigenvalue weighted by Gasteiger charge is 2.00. The van der Waals surface area contributed by atoms with Gasteiger partial charge in [0.05, 0.1) is 0 Å². The van der Waals surface area contributed by atoms with Crippen molar-refractivity contribution >= 4 is 11.6 Å². The monoisotopic (exact) mass is 215 g/mol. The first-order valence-electron chi connectivity index (χ1n) is 4.91. The Morgan fingerprint density at radius 3 is 2.27 bits per heavy atom. The Morgan fingerprint density at radius 1 is 1.00 bits per heavy atom. The molecular formula is C14H12Cl. The van der Waals surface area contributed by atoms with Crippen LogP contribution in [0.4, 0.5) is 0 Å². The molecule has 0 spiro atoms. The van der Waals surface area contributed by atoms with Crippen LogP contribution in [-0.4, -0.2) is 0 Å². The molecule has 0 unspecified atom stereocenters. The zero-order valence-corrected chi connectivity index (χ0v) is 9.60. The molecule has 0 aromatic heterocycles. The van der Waals surface area contributed by atoms with Crippen molar-refractivity contribution in [3.05, 3.63) is 58.6 Å². The summed E-state index contributed by atoms with van der Waals surface area (Å²) in [7, 11) is 0. The molecule has 2 aromatic rings.